The summed E-state index contributed by atoms with van der Waals surface area (Å²) in [6.07, 6.45) is 1.42. The van der Waals surface area contributed by atoms with Crippen LogP contribution in [0, 0.1) is 5.82 Å². The molecular formula is C27H29FN4O4. The molecule has 0 bridgehead atoms. The first-order valence-electron chi connectivity index (χ1n) is 11.9. The van der Waals surface area contributed by atoms with E-state index in [-0.39, 0.29) is 41.6 Å². The molecule has 188 valence electrons. The second-order valence-electron chi connectivity index (χ2n) is 8.86. The molecule has 1 aliphatic heterocycles. The number of rotatable bonds is 7. The van der Waals surface area contributed by atoms with Crippen molar-refractivity contribution >= 4 is 29.1 Å². The zero-order valence-corrected chi connectivity index (χ0v) is 20.3. The fraction of sp³-hybridized carbons (Fsp3) is 0.296. The van der Waals surface area contributed by atoms with Crippen LogP contribution in [-0.2, 0) is 4.79 Å². The SMILES string of the molecule is CC(C)N(CC(=O)Nc1ccc(N2CCN(C(=O)c3ccccc3F)CC2)cc1)C(=O)c1ccco1. The molecule has 1 fully saturated rings. The van der Waals surface area contributed by atoms with E-state index in [0.29, 0.717) is 31.9 Å². The minimum absolute atomic E-state index is 0.0907. The minimum Gasteiger partial charge on any atom is -0.459 e. The van der Waals surface area contributed by atoms with E-state index in [1.54, 1.807) is 41.3 Å². The number of hydrogen-bond donors (Lipinski definition) is 1. The Morgan fingerprint density at radius 3 is 2.28 bits per heavy atom. The number of anilines is 2. The van der Waals surface area contributed by atoms with Crippen molar-refractivity contribution in [3.05, 3.63) is 84.1 Å². The van der Waals surface area contributed by atoms with Crippen LogP contribution in [0.1, 0.15) is 34.8 Å². The van der Waals surface area contributed by atoms with Crippen molar-refractivity contribution in [2.45, 2.75) is 19.9 Å². The zero-order chi connectivity index (χ0) is 25.7. The van der Waals surface area contributed by atoms with Crippen LogP contribution < -0.4 is 10.2 Å². The number of piperazine rings is 1. The second kappa shape index (κ2) is 11.1. The molecule has 1 saturated heterocycles. The Kier molecular flexibility index (Phi) is 7.68. The maximum absolute atomic E-state index is 14.0. The Labute approximate surface area is 209 Å². The van der Waals surface area contributed by atoms with Crippen molar-refractivity contribution in [2.24, 2.45) is 0 Å². The predicted octanol–water partition coefficient (Wildman–Crippen LogP) is 3.87. The quantitative estimate of drug-likeness (QED) is 0.541. The van der Waals surface area contributed by atoms with Gasteiger partial charge in [-0.25, -0.2) is 4.39 Å². The van der Waals surface area contributed by atoms with Gasteiger partial charge in [-0.15, -0.1) is 0 Å². The molecule has 9 heteroatoms. The zero-order valence-electron chi connectivity index (χ0n) is 20.3. The van der Waals surface area contributed by atoms with Gasteiger partial charge >= 0.3 is 0 Å². The molecule has 0 atom stereocenters. The molecule has 36 heavy (non-hydrogen) atoms. The summed E-state index contributed by atoms with van der Waals surface area (Å²) in [5, 5.41) is 2.83. The summed E-state index contributed by atoms with van der Waals surface area (Å²) >= 11 is 0. The fourth-order valence-corrected chi connectivity index (χ4v) is 4.11. The van der Waals surface area contributed by atoms with Crippen molar-refractivity contribution in [1.82, 2.24) is 9.80 Å². The molecule has 0 unspecified atom stereocenters. The van der Waals surface area contributed by atoms with Gasteiger partial charge in [0.05, 0.1) is 11.8 Å². The molecule has 1 N–H and O–H groups in total. The molecule has 3 aromatic rings. The van der Waals surface area contributed by atoms with Gasteiger partial charge < -0.3 is 24.4 Å². The Bertz CT molecular complexity index is 1200. The predicted molar refractivity (Wildman–Crippen MR) is 134 cm³/mol. The van der Waals surface area contributed by atoms with E-state index >= 15 is 0 Å². The van der Waals surface area contributed by atoms with Crippen molar-refractivity contribution in [1.29, 1.82) is 0 Å². The maximum Gasteiger partial charge on any atom is 0.290 e. The largest absolute Gasteiger partial charge is 0.459 e. The highest BCUT2D eigenvalue weighted by Gasteiger charge is 2.25. The van der Waals surface area contributed by atoms with Crippen molar-refractivity contribution in [3.63, 3.8) is 0 Å². The molecule has 0 saturated carbocycles. The van der Waals surface area contributed by atoms with Crippen LogP contribution in [0.3, 0.4) is 0 Å². The lowest BCUT2D eigenvalue weighted by atomic mass is 10.1. The lowest BCUT2D eigenvalue weighted by molar-refractivity contribution is -0.117. The first-order valence-corrected chi connectivity index (χ1v) is 11.9. The van der Waals surface area contributed by atoms with E-state index in [9.17, 15) is 18.8 Å². The molecule has 1 aromatic heterocycles. The normalized spacial score (nSPS) is 13.6. The minimum atomic E-state index is -0.510. The third kappa shape index (κ3) is 5.73. The number of amides is 3. The maximum atomic E-state index is 14.0. The standard InChI is InChI=1S/C27H29FN4O4/c1-19(2)32(27(35)24-8-5-17-36-24)18-25(33)29-20-9-11-21(12-10-20)30-13-15-31(16-14-30)26(34)22-6-3-4-7-23(22)28/h3-12,17,19H,13-16,18H2,1-2H3,(H,29,33). The highest BCUT2D eigenvalue weighted by molar-refractivity contribution is 5.98. The highest BCUT2D eigenvalue weighted by atomic mass is 19.1. The molecule has 2 heterocycles. The number of benzene rings is 2. The lowest BCUT2D eigenvalue weighted by Gasteiger charge is -2.36. The average Bonchev–Trinajstić information content (AvgIpc) is 3.42. The second-order valence-corrected chi connectivity index (χ2v) is 8.86. The molecule has 3 amide bonds. The van der Waals surface area contributed by atoms with Gasteiger partial charge in [-0.3, -0.25) is 14.4 Å². The van der Waals surface area contributed by atoms with Crippen molar-refractivity contribution in [3.8, 4) is 0 Å². The van der Waals surface area contributed by atoms with Crippen molar-refractivity contribution in [2.75, 3.05) is 42.9 Å². The van der Waals surface area contributed by atoms with E-state index in [2.05, 4.69) is 10.2 Å². The third-order valence-electron chi connectivity index (χ3n) is 6.12. The topological polar surface area (TPSA) is 86.1 Å². The summed E-state index contributed by atoms with van der Waals surface area (Å²) in [5.41, 5.74) is 1.67. The average molecular weight is 493 g/mol. The number of nitrogens with zero attached hydrogens (tertiary/aromatic N) is 3. The van der Waals surface area contributed by atoms with Crippen LogP contribution >= 0.6 is 0 Å². The van der Waals surface area contributed by atoms with Gasteiger partial charge in [-0.1, -0.05) is 12.1 Å². The van der Waals surface area contributed by atoms with Crippen LogP contribution in [-0.4, -0.2) is 66.3 Å². The molecule has 0 spiro atoms. The van der Waals surface area contributed by atoms with E-state index in [1.807, 2.05) is 26.0 Å². The number of halogens is 1. The van der Waals surface area contributed by atoms with E-state index in [1.165, 1.54) is 23.3 Å². The van der Waals surface area contributed by atoms with E-state index < -0.39 is 5.82 Å². The molecule has 0 radical (unpaired) electrons. The number of furan rings is 1. The number of carbonyl (C=O) groups excluding carboxylic acids is 3. The van der Waals surface area contributed by atoms with Crippen LogP contribution in [0.2, 0.25) is 0 Å². The molecule has 2 aromatic carbocycles. The Morgan fingerprint density at radius 2 is 1.67 bits per heavy atom. The van der Waals surface area contributed by atoms with E-state index in [0.717, 1.165) is 5.69 Å². The Balaban J connectivity index is 1.30. The van der Waals surface area contributed by atoms with Crippen LogP contribution in [0.5, 0.6) is 0 Å². The van der Waals surface area contributed by atoms with Gasteiger partial charge in [0.1, 0.15) is 12.4 Å². The molecule has 1 aliphatic rings. The van der Waals surface area contributed by atoms with Crippen LogP contribution in [0.15, 0.2) is 71.3 Å². The monoisotopic (exact) mass is 492 g/mol. The van der Waals surface area contributed by atoms with Crippen molar-refractivity contribution < 1.29 is 23.2 Å². The molecule has 4 rings (SSSR count). The van der Waals surface area contributed by atoms with Gasteiger partial charge in [0.2, 0.25) is 5.91 Å². The van der Waals surface area contributed by atoms with Gasteiger partial charge in [-0.2, -0.15) is 0 Å². The summed E-state index contributed by atoms with van der Waals surface area (Å²) in [6.45, 7) is 5.78. The fourth-order valence-electron chi connectivity index (χ4n) is 4.11. The summed E-state index contributed by atoms with van der Waals surface area (Å²) in [6, 6.07) is 16.5. The smallest absolute Gasteiger partial charge is 0.290 e. The number of hydrogen-bond acceptors (Lipinski definition) is 5. The van der Waals surface area contributed by atoms with E-state index in [4.69, 9.17) is 4.42 Å². The number of nitrogens with one attached hydrogen (secondary N) is 1. The first-order chi connectivity index (χ1) is 17.3. The number of carbonyl (C=O) groups is 3. The third-order valence-corrected chi connectivity index (χ3v) is 6.12. The molecular weight excluding hydrogens is 463 g/mol. The van der Waals surface area contributed by atoms with Gasteiger partial charge in [-0.05, 0) is 62.4 Å². The van der Waals surface area contributed by atoms with Crippen LogP contribution in [0.25, 0.3) is 0 Å². The summed E-state index contributed by atoms with van der Waals surface area (Å²) in [4.78, 5) is 43.1. The van der Waals surface area contributed by atoms with Gasteiger partial charge in [0.15, 0.2) is 5.76 Å². The first kappa shape index (κ1) is 25.0. The highest BCUT2D eigenvalue weighted by Crippen LogP contribution is 2.21. The summed E-state index contributed by atoms with van der Waals surface area (Å²) in [7, 11) is 0. The Morgan fingerprint density at radius 1 is 0.972 bits per heavy atom. The molecule has 0 aliphatic carbocycles. The summed E-state index contributed by atoms with van der Waals surface area (Å²) < 4.78 is 19.1. The van der Waals surface area contributed by atoms with Gasteiger partial charge in [0, 0.05) is 43.6 Å². The molecule has 8 nitrogen and oxygen atoms in total. The lowest BCUT2D eigenvalue weighted by Crippen LogP contribution is -2.49. The van der Waals surface area contributed by atoms with Crippen LogP contribution in [0.4, 0.5) is 15.8 Å². The Hall–Kier alpha value is -4.14. The van der Waals surface area contributed by atoms with Gasteiger partial charge in [0.25, 0.3) is 11.8 Å². The summed E-state index contributed by atoms with van der Waals surface area (Å²) in [5.74, 6) is -1.27.